The number of nitrogens with zero attached hydrogens (tertiary/aromatic N) is 2. The zero-order valence-electron chi connectivity index (χ0n) is 12.5. The fourth-order valence-corrected chi connectivity index (χ4v) is 5.41. The molecule has 3 nitrogen and oxygen atoms in total. The number of likely N-dealkylation sites (tertiary alicyclic amines) is 1. The van der Waals surface area contributed by atoms with Crippen LogP contribution in [0.1, 0.15) is 29.5 Å². The number of aromatic nitrogens is 1. The number of rotatable bonds is 4. The number of carbonyl (C=O) groups is 1. The van der Waals surface area contributed by atoms with Gasteiger partial charge < -0.3 is 4.90 Å². The van der Waals surface area contributed by atoms with E-state index in [4.69, 9.17) is 0 Å². The van der Waals surface area contributed by atoms with E-state index in [2.05, 4.69) is 39.3 Å². The van der Waals surface area contributed by atoms with E-state index in [1.807, 2.05) is 10.3 Å². The van der Waals surface area contributed by atoms with Crippen LogP contribution in [0.3, 0.4) is 0 Å². The molecule has 1 aliphatic rings. The molecule has 1 unspecified atom stereocenters. The van der Waals surface area contributed by atoms with Crippen molar-refractivity contribution >= 4 is 39.9 Å². The number of thiophene rings is 2. The van der Waals surface area contributed by atoms with Crippen LogP contribution in [0.15, 0.2) is 39.7 Å². The number of amides is 1. The summed E-state index contributed by atoms with van der Waals surface area (Å²) < 4.78 is 0. The normalized spacial score (nSPS) is 17.7. The number of hydrogen-bond donors (Lipinski definition) is 0. The Morgan fingerprint density at radius 1 is 1.26 bits per heavy atom. The van der Waals surface area contributed by atoms with Crippen molar-refractivity contribution in [3.05, 3.63) is 50.3 Å². The van der Waals surface area contributed by atoms with Crippen LogP contribution in [0.25, 0.3) is 10.6 Å². The van der Waals surface area contributed by atoms with Gasteiger partial charge in [0.25, 0.3) is 0 Å². The molecule has 0 bridgehead atoms. The first-order valence-corrected chi connectivity index (χ1v) is 10.3. The Morgan fingerprint density at radius 2 is 2.22 bits per heavy atom. The average Bonchev–Trinajstić information content (AvgIpc) is 3.30. The largest absolute Gasteiger partial charge is 0.335 e. The second kappa shape index (κ2) is 6.55. The van der Waals surface area contributed by atoms with E-state index in [0.717, 1.165) is 35.7 Å². The van der Waals surface area contributed by atoms with E-state index in [9.17, 15) is 4.79 Å². The van der Waals surface area contributed by atoms with Gasteiger partial charge in [0.1, 0.15) is 5.01 Å². The monoisotopic (exact) mass is 360 g/mol. The van der Waals surface area contributed by atoms with Crippen LogP contribution in [0.2, 0.25) is 0 Å². The van der Waals surface area contributed by atoms with Crippen molar-refractivity contribution in [2.24, 2.45) is 0 Å². The Labute approximate surface area is 147 Å². The van der Waals surface area contributed by atoms with E-state index in [-0.39, 0.29) is 11.9 Å². The van der Waals surface area contributed by atoms with Gasteiger partial charge in [0.15, 0.2) is 0 Å². The zero-order chi connectivity index (χ0) is 15.6. The predicted octanol–water partition coefficient (Wildman–Crippen LogP) is 4.84. The van der Waals surface area contributed by atoms with Crippen molar-refractivity contribution in [3.63, 3.8) is 0 Å². The highest BCUT2D eigenvalue weighted by Crippen LogP contribution is 2.35. The van der Waals surface area contributed by atoms with Crippen molar-refractivity contribution in [3.8, 4) is 10.6 Å². The quantitative estimate of drug-likeness (QED) is 0.667. The first kappa shape index (κ1) is 15.1. The molecule has 0 saturated carbocycles. The molecule has 6 heteroatoms. The minimum Gasteiger partial charge on any atom is -0.335 e. The van der Waals surface area contributed by atoms with Crippen LogP contribution in [0, 0.1) is 0 Å². The van der Waals surface area contributed by atoms with E-state index >= 15 is 0 Å². The van der Waals surface area contributed by atoms with Gasteiger partial charge in [0, 0.05) is 27.7 Å². The van der Waals surface area contributed by atoms with Crippen LogP contribution >= 0.6 is 34.0 Å². The third-order valence-corrected chi connectivity index (χ3v) is 6.69. The lowest BCUT2D eigenvalue weighted by Gasteiger charge is -2.23. The lowest BCUT2D eigenvalue weighted by molar-refractivity contribution is -0.131. The molecule has 1 amide bonds. The minimum absolute atomic E-state index is 0.197. The van der Waals surface area contributed by atoms with Gasteiger partial charge in [-0.3, -0.25) is 4.79 Å². The van der Waals surface area contributed by atoms with Gasteiger partial charge in [0.2, 0.25) is 5.91 Å². The summed E-state index contributed by atoms with van der Waals surface area (Å²) in [5.41, 5.74) is 2.04. The molecule has 0 radical (unpaired) electrons. The summed E-state index contributed by atoms with van der Waals surface area (Å²) in [6.07, 6.45) is 2.57. The van der Waals surface area contributed by atoms with E-state index in [1.54, 1.807) is 34.0 Å². The number of hydrogen-bond acceptors (Lipinski definition) is 5. The molecule has 0 aliphatic carbocycles. The van der Waals surface area contributed by atoms with Crippen molar-refractivity contribution in [2.45, 2.75) is 25.3 Å². The molecule has 118 valence electrons. The van der Waals surface area contributed by atoms with E-state index < -0.39 is 0 Å². The zero-order valence-corrected chi connectivity index (χ0v) is 14.9. The Kier molecular flexibility index (Phi) is 4.29. The van der Waals surface area contributed by atoms with E-state index in [0.29, 0.717) is 6.42 Å². The molecule has 0 N–H and O–H groups in total. The molecule has 3 aromatic rings. The molecular formula is C17H16N2OS3. The smallest absolute Gasteiger partial charge is 0.229 e. The van der Waals surface area contributed by atoms with Crippen LogP contribution in [-0.2, 0) is 11.2 Å². The van der Waals surface area contributed by atoms with Crippen molar-refractivity contribution in [1.82, 2.24) is 9.88 Å². The lowest BCUT2D eigenvalue weighted by atomic mass is 10.2. The Hall–Kier alpha value is -1.50. The van der Waals surface area contributed by atoms with Crippen LogP contribution in [0.4, 0.5) is 0 Å². The highest BCUT2D eigenvalue weighted by molar-refractivity contribution is 7.14. The maximum absolute atomic E-state index is 12.7. The van der Waals surface area contributed by atoms with Gasteiger partial charge in [-0.25, -0.2) is 4.98 Å². The molecule has 1 saturated heterocycles. The second-order valence-corrected chi connectivity index (χ2v) is 8.21. The Bertz CT molecular complexity index is 777. The lowest BCUT2D eigenvalue weighted by Crippen LogP contribution is -2.31. The van der Waals surface area contributed by atoms with Gasteiger partial charge in [0.05, 0.1) is 18.2 Å². The summed E-state index contributed by atoms with van der Waals surface area (Å²) >= 11 is 5.03. The van der Waals surface area contributed by atoms with Crippen molar-refractivity contribution < 1.29 is 4.79 Å². The van der Waals surface area contributed by atoms with Gasteiger partial charge in [-0.05, 0) is 35.7 Å². The SMILES string of the molecule is O=C(Cc1csc(-c2ccsc2)n1)N1CCCC1c1cccs1. The molecule has 0 aromatic carbocycles. The maximum atomic E-state index is 12.7. The molecule has 3 aromatic heterocycles. The molecule has 4 heterocycles. The highest BCUT2D eigenvalue weighted by Gasteiger charge is 2.30. The van der Waals surface area contributed by atoms with E-state index in [1.165, 1.54) is 4.88 Å². The van der Waals surface area contributed by atoms with Crippen LogP contribution in [-0.4, -0.2) is 22.3 Å². The van der Waals surface area contributed by atoms with Crippen molar-refractivity contribution in [1.29, 1.82) is 0 Å². The number of thiazole rings is 1. The fourth-order valence-electron chi connectivity index (χ4n) is 3.01. The van der Waals surface area contributed by atoms with Crippen LogP contribution in [0.5, 0.6) is 0 Å². The predicted molar refractivity (Wildman–Crippen MR) is 97.1 cm³/mol. The first-order valence-electron chi connectivity index (χ1n) is 7.61. The maximum Gasteiger partial charge on any atom is 0.229 e. The molecule has 1 aliphatic heterocycles. The van der Waals surface area contributed by atoms with Crippen molar-refractivity contribution in [2.75, 3.05) is 6.54 Å². The molecule has 0 spiro atoms. The summed E-state index contributed by atoms with van der Waals surface area (Å²) in [4.78, 5) is 20.7. The van der Waals surface area contributed by atoms with Crippen LogP contribution < -0.4 is 0 Å². The molecule has 23 heavy (non-hydrogen) atoms. The summed E-state index contributed by atoms with van der Waals surface area (Å²) in [6.45, 7) is 0.864. The topological polar surface area (TPSA) is 33.2 Å². The molecule has 1 fully saturated rings. The average molecular weight is 361 g/mol. The Balaban J connectivity index is 1.47. The van der Waals surface area contributed by atoms with Gasteiger partial charge in [-0.1, -0.05) is 6.07 Å². The summed E-state index contributed by atoms with van der Waals surface area (Å²) in [5, 5.41) is 9.26. The standard InChI is InChI=1S/C17H16N2OS3/c20-16(19-6-1-3-14(19)15-4-2-7-22-15)9-13-11-23-17(18-13)12-5-8-21-10-12/h2,4-5,7-8,10-11,14H,1,3,6,9H2. The first-order chi connectivity index (χ1) is 11.3. The summed E-state index contributed by atoms with van der Waals surface area (Å²) in [6, 6.07) is 6.53. The van der Waals surface area contributed by atoms with Gasteiger partial charge >= 0.3 is 0 Å². The third-order valence-electron chi connectivity index (χ3n) is 4.10. The summed E-state index contributed by atoms with van der Waals surface area (Å²) in [5.74, 6) is 0.197. The highest BCUT2D eigenvalue weighted by atomic mass is 32.1. The molecule has 1 atom stereocenters. The van der Waals surface area contributed by atoms with Gasteiger partial charge in [-0.15, -0.1) is 22.7 Å². The fraction of sp³-hybridized carbons (Fsp3) is 0.294. The number of carbonyl (C=O) groups excluding carboxylic acids is 1. The third kappa shape index (κ3) is 3.11. The minimum atomic E-state index is 0.197. The Morgan fingerprint density at radius 3 is 3.00 bits per heavy atom. The second-order valence-electron chi connectivity index (χ2n) is 5.59. The summed E-state index contributed by atoms with van der Waals surface area (Å²) in [7, 11) is 0. The molecular weight excluding hydrogens is 344 g/mol. The van der Waals surface area contributed by atoms with Gasteiger partial charge in [-0.2, -0.15) is 11.3 Å². The molecule has 4 rings (SSSR count).